The van der Waals surface area contributed by atoms with E-state index < -0.39 is 10.0 Å². The van der Waals surface area contributed by atoms with Crippen LogP contribution in [0.1, 0.15) is 37.3 Å². The zero-order chi connectivity index (χ0) is 15.0. The smallest absolute Gasteiger partial charge is 0.243 e. The molecule has 1 aliphatic carbocycles. The van der Waals surface area contributed by atoms with E-state index in [1.807, 2.05) is 19.1 Å². The minimum absolute atomic E-state index is 0.440. The molecule has 0 amide bonds. The van der Waals surface area contributed by atoms with Gasteiger partial charge in [0.05, 0.1) is 4.90 Å². The van der Waals surface area contributed by atoms with Gasteiger partial charge in [-0.15, -0.1) is 0 Å². The van der Waals surface area contributed by atoms with Crippen molar-refractivity contribution < 1.29 is 8.42 Å². The highest BCUT2D eigenvalue weighted by molar-refractivity contribution is 7.89. The number of nitrogens with one attached hydrogen (secondary N) is 1. The number of aryl methyl sites for hydroxylation is 1. The van der Waals surface area contributed by atoms with Crippen LogP contribution in [0.25, 0.3) is 0 Å². The van der Waals surface area contributed by atoms with Gasteiger partial charge in [-0.05, 0) is 55.4 Å². The number of hydrogen-bond donors (Lipinski definition) is 1. The van der Waals surface area contributed by atoms with Gasteiger partial charge < -0.3 is 5.32 Å². The molecule has 1 aromatic rings. The first-order valence-electron chi connectivity index (χ1n) is 7.80. The van der Waals surface area contributed by atoms with Crippen molar-refractivity contribution >= 4 is 10.0 Å². The average molecular weight is 308 g/mol. The maximum atomic E-state index is 12.7. The summed E-state index contributed by atoms with van der Waals surface area (Å²) in [6.07, 6.45) is 3.44. The number of nitrogens with zero attached hydrogens (tertiary/aromatic N) is 1. The van der Waals surface area contributed by atoms with E-state index in [2.05, 4.69) is 12.2 Å². The van der Waals surface area contributed by atoms with Crippen LogP contribution in [0.2, 0.25) is 0 Å². The Labute approximate surface area is 127 Å². The summed E-state index contributed by atoms with van der Waals surface area (Å²) in [5.74, 6) is 0.459. The molecule has 1 saturated carbocycles. The molecule has 0 bridgehead atoms. The number of benzene rings is 1. The van der Waals surface area contributed by atoms with E-state index in [-0.39, 0.29) is 0 Å². The molecule has 2 aliphatic rings. The van der Waals surface area contributed by atoms with Crippen LogP contribution in [0.3, 0.4) is 0 Å². The van der Waals surface area contributed by atoms with Crippen LogP contribution in [0, 0.1) is 12.8 Å². The van der Waals surface area contributed by atoms with Crippen molar-refractivity contribution in [3.8, 4) is 0 Å². The van der Waals surface area contributed by atoms with Crippen molar-refractivity contribution in [3.63, 3.8) is 0 Å². The van der Waals surface area contributed by atoms with Crippen molar-refractivity contribution in [2.24, 2.45) is 5.92 Å². The van der Waals surface area contributed by atoms with Crippen LogP contribution in [0.4, 0.5) is 0 Å². The quantitative estimate of drug-likeness (QED) is 0.908. The summed E-state index contributed by atoms with van der Waals surface area (Å²) in [4.78, 5) is 0.440. The van der Waals surface area contributed by atoms with Gasteiger partial charge in [-0.2, -0.15) is 4.31 Å². The molecule has 4 nitrogen and oxygen atoms in total. The molecule has 0 spiro atoms. The monoisotopic (exact) mass is 308 g/mol. The second kappa shape index (κ2) is 5.71. The van der Waals surface area contributed by atoms with Crippen LogP contribution in [0.5, 0.6) is 0 Å². The minimum atomic E-state index is -3.33. The molecular formula is C16H24N2O2S. The van der Waals surface area contributed by atoms with Gasteiger partial charge in [0.2, 0.25) is 10.0 Å². The lowest BCUT2D eigenvalue weighted by molar-refractivity contribution is 0.464. The van der Waals surface area contributed by atoms with Gasteiger partial charge in [0.15, 0.2) is 0 Å². The first kappa shape index (κ1) is 15.0. The largest absolute Gasteiger partial charge is 0.310 e. The Kier molecular flexibility index (Phi) is 4.08. The zero-order valence-corrected chi connectivity index (χ0v) is 13.6. The standard InChI is InChI=1S/C16H24N2O2S/c1-12-7-8-18(11-12)21(19,20)16-6-3-13(2)14(9-16)10-17-15-4-5-15/h3,6,9,12,15,17H,4-5,7-8,10-11H2,1-2H3. The molecular weight excluding hydrogens is 284 g/mol. The molecule has 0 aromatic heterocycles. The minimum Gasteiger partial charge on any atom is -0.310 e. The number of hydrogen-bond acceptors (Lipinski definition) is 3. The summed E-state index contributed by atoms with van der Waals surface area (Å²) in [5.41, 5.74) is 2.24. The number of sulfonamides is 1. The van der Waals surface area contributed by atoms with Gasteiger partial charge in [-0.1, -0.05) is 13.0 Å². The SMILES string of the molecule is Cc1ccc(S(=O)(=O)N2CCC(C)C2)cc1CNC1CC1. The lowest BCUT2D eigenvalue weighted by Gasteiger charge is -2.17. The molecule has 1 aromatic carbocycles. The Morgan fingerprint density at radius 2 is 2.05 bits per heavy atom. The highest BCUT2D eigenvalue weighted by Crippen LogP contribution is 2.26. The van der Waals surface area contributed by atoms with Crippen molar-refractivity contribution in [1.29, 1.82) is 0 Å². The Morgan fingerprint density at radius 3 is 2.67 bits per heavy atom. The molecule has 3 rings (SSSR count). The lowest BCUT2D eigenvalue weighted by Crippen LogP contribution is -2.29. The maximum absolute atomic E-state index is 12.7. The van der Waals surface area contributed by atoms with E-state index in [9.17, 15) is 8.42 Å². The van der Waals surface area contributed by atoms with Gasteiger partial charge in [0.25, 0.3) is 0 Å². The average Bonchev–Trinajstić information content (AvgIpc) is 3.17. The van der Waals surface area contributed by atoms with E-state index in [1.165, 1.54) is 12.8 Å². The van der Waals surface area contributed by atoms with Crippen LogP contribution < -0.4 is 5.32 Å². The van der Waals surface area contributed by atoms with E-state index >= 15 is 0 Å². The normalized spacial score (nSPS) is 23.6. The third kappa shape index (κ3) is 3.30. The summed E-state index contributed by atoms with van der Waals surface area (Å²) in [6, 6.07) is 6.15. The Hall–Kier alpha value is -0.910. The van der Waals surface area contributed by atoms with Crippen LogP contribution >= 0.6 is 0 Å². The first-order valence-corrected chi connectivity index (χ1v) is 9.24. The summed E-state index contributed by atoms with van der Waals surface area (Å²) in [5, 5.41) is 3.46. The lowest BCUT2D eigenvalue weighted by atomic mass is 10.1. The maximum Gasteiger partial charge on any atom is 0.243 e. The Balaban J connectivity index is 1.81. The summed E-state index contributed by atoms with van der Waals surface area (Å²) >= 11 is 0. The second-order valence-electron chi connectivity index (χ2n) is 6.50. The first-order chi connectivity index (χ1) is 9.96. The van der Waals surface area contributed by atoms with E-state index in [0.29, 0.717) is 29.9 Å². The van der Waals surface area contributed by atoms with Crippen LogP contribution in [0.15, 0.2) is 23.1 Å². The summed E-state index contributed by atoms with van der Waals surface area (Å²) < 4.78 is 27.0. The fourth-order valence-electron chi connectivity index (χ4n) is 2.80. The van der Waals surface area contributed by atoms with E-state index in [1.54, 1.807) is 10.4 Å². The molecule has 2 fully saturated rings. The molecule has 1 heterocycles. The van der Waals surface area contributed by atoms with Gasteiger partial charge in [0.1, 0.15) is 0 Å². The molecule has 1 aliphatic heterocycles. The second-order valence-corrected chi connectivity index (χ2v) is 8.44. The van der Waals surface area contributed by atoms with Crippen molar-refractivity contribution in [3.05, 3.63) is 29.3 Å². The third-order valence-electron chi connectivity index (χ3n) is 4.50. The molecule has 1 saturated heterocycles. The van der Waals surface area contributed by atoms with Crippen LogP contribution in [-0.2, 0) is 16.6 Å². The Bertz CT molecular complexity index is 623. The van der Waals surface area contributed by atoms with Gasteiger partial charge in [-0.3, -0.25) is 0 Å². The molecule has 1 N–H and O–H groups in total. The predicted molar refractivity (Wildman–Crippen MR) is 83.6 cm³/mol. The van der Waals surface area contributed by atoms with Crippen LogP contribution in [-0.4, -0.2) is 31.9 Å². The fourth-order valence-corrected chi connectivity index (χ4v) is 4.43. The van der Waals surface area contributed by atoms with E-state index in [0.717, 1.165) is 24.1 Å². The summed E-state index contributed by atoms with van der Waals surface area (Å²) in [7, 11) is -3.33. The van der Waals surface area contributed by atoms with Crippen molar-refractivity contribution in [1.82, 2.24) is 9.62 Å². The third-order valence-corrected chi connectivity index (χ3v) is 6.36. The molecule has 1 unspecified atom stereocenters. The zero-order valence-electron chi connectivity index (χ0n) is 12.8. The molecule has 21 heavy (non-hydrogen) atoms. The highest BCUT2D eigenvalue weighted by atomic mass is 32.2. The van der Waals surface area contributed by atoms with Gasteiger partial charge in [0, 0.05) is 25.7 Å². The molecule has 0 radical (unpaired) electrons. The fraction of sp³-hybridized carbons (Fsp3) is 0.625. The number of rotatable bonds is 5. The van der Waals surface area contributed by atoms with Crippen molar-refractivity contribution in [2.45, 2.75) is 50.6 Å². The van der Waals surface area contributed by atoms with Gasteiger partial charge in [-0.25, -0.2) is 8.42 Å². The molecule has 116 valence electrons. The Morgan fingerprint density at radius 1 is 1.29 bits per heavy atom. The van der Waals surface area contributed by atoms with E-state index in [4.69, 9.17) is 0 Å². The van der Waals surface area contributed by atoms with Crippen molar-refractivity contribution in [2.75, 3.05) is 13.1 Å². The predicted octanol–water partition coefficient (Wildman–Crippen LogP) is 2.28. The topological polar surface area (TPSA) is 49.4 Å². The summed E-state index contributed by atoms with van der Waals surface area (Å²) in [6.45, 7) is 6.20. The molecule has 5 heteroatoms. The highest BCUT2D eigenvalue weighted by Gasteiger charge is 2.30. The van der Waals surface area contributed by atoms with Gasteiger partial charge >= 0.3 is 0 Å². The molecule has 1 atom stereocenters.